The summed E-state index contributed by atoms with van der Waals surface area (Å²) in [6, 6.07) is 15.6. The molecule has 0 fully saturated rings. The van der Waals surface area contributed by atoms with Crippen molar-refractivity contribution in [2.75, 3.05) is 6.54 Å². The van der Waals surface area contributed by atoms with Gasteiger partial charge in [-0.1, -0.05) is 42.5 Å². The Morgan fingerprint density at radius 1 is 0.947 bits per heavy atom. The van der Waals surface area contributed by atoms with E-state index in [1.54, 1.807) is 12.1 Å². The normalized spacial score (nSPS) is 19.3. The van der Waals surface area contributed by atoms with Crippen molar-refractivity contribution in [1.82, 2.24) is 5.32 Å². The Hall–Kier alpha value is -1.67. The van der Waals surface area contributed by atoms with Crippen LogP contribution in [0.4, 0.5) is 4.39 Å². The van der Waals surface area contributed by atoms with Crippen molar-refractivity contribution >= 4 is 0 Å². The van der Waals surface area contributed by atoms with Gasteiger partial charge in [-0.3, -0.25) is 0 Å². The number of halogens is 1. The second kappa shape index (κ2) is 5.54. The Morgan fingerprint density at radius 2 is 1.68 bits per heavy atom. The Labute approximate surface area is 113 Å². The third kappa shape index (κ3) is 2.54. The molecule has 1 heterocycles. The van der Waals surface area contributed by atoms with Crippen LogP contribution in [-0.4, -0.2) is 6.54 Å². The van der Waals surface area contributed by atoms with Crippen molar-refractivity contribution < 1.29 is 4.39 Å². The first kappa shape index (κ1) is 12.4. The zero-order valence-electron chi connectivity index (χ0n) is 10.9. The molecule has 0 aromatic heterocycles. The second-order valence-corrected chi connectivity index (χ2v) is 5.09. The van der Waals surface area contributed by atoms with Crippen molar-refractivity contribution in [3.8, 4) is 0 Å². The van der Waals surface area contributed by atoms with Gasteiger partial charge >= 0.3 is 0 Å². The SMILES string of the molecule is Fc1ccccc1C1CCCNCc2ccccc21. The minimum atomic E-state index is -0.0872. The molecule has 0 amide bonds. The lowest BCUT2D eigenvalue weighted by Crippen LogP contribution is -2.21. The van der Waals surface area contributed by atoms with Crippen molar-refractivity contribution in [1.29, 1.82) is 0 Å². The first-order valence-electron chi connectivity index (χ1n) is 6.89. The quantitative estimate of drug-likeness (QED) is 0.816. The molecule has 1 aliphatic rings. The van der Waals surface area contributed by atoms with Crippen LogP contribution in [0.15, 0.2) is 48.5 Å². The van der Waals surface area contributed by atoms with E-state index >= 15 is 0 Å². The fourth-order valence-electron chi connectivity index (χ4n) is 2.93. The molecule has 1 aliphatic heterocycles. The number of nitrogens with one attached hydrogen (secondary N) is 1. The summed E-state index contributed by atoms with van der Waals surface area (Å²) in [6.45, 7) is 1.88. The van der Waals surface area contributed by atoms with E-state index in [4.69, 9.17) is 0 Å². The van der Waals surface area contributed by atoms with Gasteiger partial charge in [0.25, 0.3) is 0 Å². The molecule has 0 aliphatic carbocycles. The molecule has 0 saturated heterocycles. The molecule has 0 spiro atoms. The highest BCUT2D eigenvalue weighted by Gasteiger charge is 2.21. The third-order valence-electron chi connectivity index (χ3n) is 3.87. The number of hydrogen-bond acceptors (Lipinski definition) is 1. The highest BCUT2D eigenvalue weighted by atomic mass is 19.1. The highest BCUT2D eigenvalue weighted by molar-refractivity contribution is 5.38. The largest absolute Gasteiger partial charge is 0.313 e. The van der Waals surface area contributed by atoms with Gasteiger partial charge in [-0.2, -0.15) is 0 Å². The smallest absolute Gasteiger partial charge is 0.127 e. The molecule has 1 unspecified atom stereocenters. The standard InChI is InChI=1S/C17H18FN/c18-17-10-4-3-8-16(17)15-9-5-11-19-12-13-6-1-2-7-14(13)15/h1-4,6-8,10,15,19H,5,9,11-12H2. The van der Waals surface area contributed by atoms with Gasteiger partial charge in [-0.25, -0.2) is 4.39 Å². The molecule has 98 valence electrons. The second-order valence-electron chi connectivity index (χ2n) is 5.09. The third-order valence-corrected chi connectivity index (χ3v) is 3.87. The Morgan fingerprint density at radius 3 is 2.53 bits per heavy atom. The lowest BCUT2D eigenvalue weighted by atomic mass is 9.83. The molecule has 0 saturated carbocycles. The number of benzene rings is 2. The lowest BCUT2D eigenvalue weighted by Gasteiger charge is -2.24. The summed E-state index contributed by atoms with van der Waals surface area (Å²) < 4.78 is 14.1. The zero-order chi connectivity index (χ0) is 13.1. The summed E-state index contributed by atoms with van der Waals surface area (Å²) in [6.07, 6.45) is 2.07. The molecule has 1 atom stereocenters. The summed E-state index contributed by atoms with van der Waals surface area (Å²) >= 11 is 0. The molecule has 2 heteroatoms. The zero-order valence-corrected chi connectivity index (χ0v) is 10.9. The average Bonchev–Trinajstić information content (AvgIpc) is 2.41. The monoisotopic (exact) mass is 255 g/mol. The molecule has 1 N–H and O–H groups in total. The molecule has 2 aromatic rings. The fraction of sp³-hybridized carbons (Fsp3) is 0.294. The van der Waals surface area contributed by atoms with Crippen LogP contribution in [-0.2, 0) is 6.54 Å². The highest BCUT2D eigenvalue weighted by Crippen LogP contribution is 2.33. The van der Waals surface area contributed by atoms with Gasteiger partial charge < -0.3 is 5.32 Å². The van der Waals surface area contributed by atoms with Crippen LogP contribution in [0.2, 0.25) is 0 Å². The van der Waals surface area contributed by atoms with Gasteiger partial charge in [0.05, 0.1) is 0 Å². The first-order chi connectivity index (χ1) is 9.36. The summed E-state index contributed by atoms with van der Waals surface area (Å²) in [5, 5.41) is 3.44. The maximum atomic E-state index is 14.1. The molecular formula is C17H18FN. The van der Waals surface area contributed by atoms with Crippen LogP contribution < -0.4 is 5.32 Å². The first-order valence-corrected chi connectivity index (χ1v) is 6.89. The summed E-state index contributed by atoms with van der Waals surface area (Å²) in [5.74, 6) is 0.0929. The molecule has 3 rings (SSSR count). The molecule has 1 nitrogen and oxygen atoms in total. The van der Waals surface area contributed by atoms with Gasteiger partial charge in [0, 0.05) is 12.5 Å². The Bertz CT molecular complexity index is 565. The predicted molar refractivity (Wildman–Crippen MR) is 75.6 cm³/mol. The summed E-state index contributed by atoms with van der Waals surface area (Å²) in [7, 11) is 0. The maximum absolute atomic E-state index is 14.1. The van der Waals surface area contributed by atoms with Crippen LogP contribution in [0.1, 0.15) is 35.4 Å². The van der Waals surface area contributed by atoms with Crippen LogP contribution in [0.5, 0.6) is 0 Å². The lowest BCUT2D eigenvalue weighted by molar-refractivity contribution is 0.539. The molecule has 19 heavy (non-hydrogen) atoms. The Kier molecular flexibility index (Phi) is 3.60. The molecular weight excluding hydrogens is 237 g/mol. The van der Waals surface area contributed by atoms with Gasteiger partial charge in [0.1, 0.15) is 5.82 Å². The fourth-order valence-corrected chi connectivity index (χ4v) is 2.93. The van der Waals surface area contributed by atoms with E-state index in [9.17, 15) is 4.39 Å². The maximum Gasteiger partial charge on any atom is 0.127 e. The predicted octanol–water partition coefficient (Wildman–Crippen LogP) is 3.84. The number of rotatable bonds is 1. The van der Waals surface area contributed by atoms with Crippen molar-refractivity contribution in [2.24, 2.45) is 0 Å². The summed E-state index contributed by atoms with van der Waals surface area (Å²) in [5.41, 5.74) is 3.38. The van der Waals surface area contributed by atoms with Gasteiger partial charge in [0.15, 0.2) is 0 Å². The van der Waals surface area contributed by atoms with Crippen LogP contribution in [0.25, 0.3) is 0 Å². The Balaban J connectivity index is 2.08. The van der Waals surface area contributed by atoms with E-state index < -0.39 is 0 Å². The number of fused-ring (bicyclic) bond motifs is 1. The van der Waals surface area contributed by atoms with Crippen molar-refractivity contribution in [3.05, 3.63) is 71.0 Å². The van der Waals surface area contributed by atoms with E-state index in [-0.39, 0.29) is 11.7 Å². The molecule has 0 radical (unpaired) electrons. The van der Waals surface area contributed by atoms with E-state index in [0.717, 1.165) is 31.5 Å². The topological polar surface area (TPSA) is 12.0 Å². The minimum Gasteiger partial charge on any atom is -0.313 e. The van der Waals surface area contributed by atoms with Crippen LogP contribution in [0, 0.1) is 5.82 Å². The average molecular weight is 255 g/mol. The van der Waals surface area contributed by atoms with Crippen molar-refractivity contribution in [3.63, 3.8) is 0 Å². The van der Waals surface area contributed by atoms with E-state index in [2.05, 4.69) is 23.5 Å². The van der Waals surface area contributed by atoms with Gasteiger partial charge in [0.2, 0.25) is 0 Å². The van der Waals surface area contributed by atoms with E-state index in [1.165, 1.54) is 11.1 Å². The van der Waals surface area contributed by atoms with E-state index in [1.807, 2.05) is 18.2 Å². The van der Waals surface area contributed by atoms with Gasteiger partial charge in [-0.15, -0.1) is 0 Å². The number of hydrogen-bond donors (Lipinski definition) is 1. The van der Waals surface area contributed by atoms with Crippen molar-refractivity contribution in [2.45, 2.75) is 25.3 Å². The molecule has 0 bridgehead atoms. The van der Waals surface area contributed by atoms with Crippen LogP contribution in [0.3, 0.4) is 0 Å². The van der Waals surface area contributed by atoms with Crippen LogP contribution >= 0.6 is 0 Å². The molecule has 2 aromatic carbocycles. The summed E-state index contributed by atoms with van der Waals surface area (Å²) in [4.78, 5) is 0. The van der Waals surface area contributed by atoms with E-state index in [0.29, 0.717) is 0 Å². The minimum absolute atomic E-state index is 0.0872. The van der Waals surface area contributed by atoms with Gasteiger partial charge in [-0.05, 0) is 42.1 Å².